The molecule has 1 heterocycles. The van der Waals surface area contributed by atoms with Crippen LogP contribution in [0, 0.1) is 46.3 Å². The lowest BCUT2D eigenvalue weighted by molar-refractivity contribution is -0.212. The maximum Gasteiger partial charge on any atom is 0.309 e. The van der Waals surface area contributed by atoms with Gasteiger partial charge in [-0.05, 0) is 111 Å². The van der Waals surface area contributed by atoms with Crippen LogP contribution < -0.4 is 0 Å². The van der Waals surface area contributed by atoms with E-state index in [0.29, 0.717) is 35.9 Å². The van der Waals surface area contributed by atoms with Gasteiger partial charge in [0, 0.05) is 13.3 Å². The lowest BCUT2D eigenvalue weighted by atomic mass is 9.46. The van der Waals surface area contributed by atoms with Crippen LogP contribution in [0.3, 0.4) is 0 Å². The number of hydrogen-bond acceptors (Lipinski definition) is 5. The summed E-state index contributed by atoms with van der Waals surface area (Å²) in [7, 11) is 0. The molecule has 4 aliphatic carbocycles. The van der Waals surface area contributed by atoms with Crippen molar-refractivity contribution in [2.24, 2.45) is 46.3 Å². The highest BCUT2D eigenvalue weighted by molar-refractivity contribution is 5.91. The smallest absolute Gasteiger partial charge is 0.309 e. The first-order chi connectivity index (χ1) is 16.9. The molecule has 5 aliphatic rings. The van der Waals surface area contributed by atoms with Crippen molar-refractivity contribution in [2.75, 3.05) is 0 Å². The van der Waals surface area contributed by atoms with Gasteiger partial charge in [-0.2, -0.15) is 0 Å². The number of carbonyl (C=O) groups excluding carboxylic acids is 3. The third-order valence-corrected chi connectivity index (χ3v) is 12.0. The third-order valence-electron chi connectivity index (χ3n) is 12.0. The fourth-order valence-corrected chi connectivity index (χ4v) is 9.95. The molecule has 0 aromatic rings. The van der Waals surface area contributed by atoms with Gasteiger partial charge in [-0.15, -0.1) is 0 Å². The standard InChI is InChI=1S/C31H46O5/c1-18(2)31(19(3)35-20(4)32)16-12-24(28(34)36-31)26-10-9-25-23-8-7-21-17-22(33)11-14-29(21,5)27(23)13-15-30(25,26)6/h17-19,23-27H,7-16H2,1-6H3/t19-,23+,24-,25+,26-,27+,29+,30+,31+/m1/s1. The lowest BCUT2D eigenvalue weighted by Crippen LogP contribution is -2.57. The molecule has 3 saturated carbocycles. The van der Waals surface area contributed by atoms with Crippen molar-refractivity contribution in [1.29, 1.82) is 0 Å². The van der Waals surface area contributed by atoms with E-state index in [9.17, 15) is 14.4 Å². The van der Waals surface area contributed by atoms with Crippen LogP contribution in [0.2, 0.25) is 0 Å². The van der Waals surface area contributed by atoms with Crippen molar-refractivity contribution in [3.63, 3.8) is 0 Å². The number of carbonyl (C=O) groups is 3. The highest BCUT2D eigenvalue weighted by Crippen LogP contribution is 2.68. The van der Waals surface area contributed by atoms with Crippen LogP contribution in [0.4, 0.5) is 0 Å². The Bertz CT molecular complexity index is 966. The van der Waals surface area contributed by atoms with E-state index < -0.39 is 11.7 Å². The largest absolute Gasteiger partial charge is 0.459 e. The van der Waals surface area contributed by atoms with E-state index in [1.165, 1.54) is 38.2 Å². The van der Waals surface area contributed by atoms with Crippen LogP contribution in [0.1, 0.15) is 106 Å². The molecule has 5 nitrogen and oxygen atoms in total. The molecule has 200 valence electrons. The normalized spacial score (nSPS) is 45.2. The molecule has 5 heteroatoms. The minimum atomic E-state index is -0.741. The number of cyclic esters (lactones) is 1. The molecule has 5 rings (SSSR count). The molecule has 0 spiro atoms. The fraction of sp³-hybridized carbons (Fsp3) is 0.839. The van der Waals surface area contributed by atoms with Crippen LogP contribution in [0.25, 0.3) is 0 Å². The predicted molar refractivity (Wildman–Crippen MR) is 138 cm³/mol. The first-order valence-electron chi connectivity index (χ1n) is 14.6. The van der Waals surface area contributed by atoms with E-state index in [1.807, 2.05) is 13.0 Å². The summed E-state index contributed by atoms with van der Waals surface area (Å²) in [4.78, 5) is 37.5. The van der Waals surface area contributed by atoms with Gasteiger partial charge in [0.05, 0.1) is 5.92 Å². The zero-order valence-corrected chi connectivity index (χ0v) is 23.2. The molecule has 1 aliphatic heterocycles. The monoisotopic (exact) mass is 498 g/mol. The lowest BCUT2D eigenvalue weighted by Gasteiger charge is -2.58. The Morgan fingerprint density at radius 3 is 2.33 bits per heavy atom. The summed E-state index contributed by atoms with van der Waals surface area (Å²) in [5.74, 6) is 2.31. The van der Waals surface area contributed by atoms with Gasteiger partial charge < -0.3 is 9.47 Å². The zero-order valence-electron chi connectivity index (χ0n) is 23.2. The number of fused-ring (bicyclic) bond motifs is 5. The highest BCUT2D eigenvalue weighted by atomic mass is 16.6. The Morgan fingerprint density at radius 2 is 1.67 bits per heavy atom. The van der Waals surface area contributed by atoms with E-state index in [1.54, 1.807) is 0 Å². The molecule has 36 heavy (non-hydrogen) atoms. The second kappa shape index (κ2) is 8.98. The van der Waals surface area contributed by atoms with Crippen LogP contribution in [-0.4, -0.2) is 29.4 Å². The second-order valence-electron chi connectivity index (χ2n) is 13.6. The number of ether oxygens (including phenoxy) is 2. The minimum Gasteiger partial charge on any atom is -0.459 e. The summed E-state index contributed by atoms with van der Waals surface area (Å²) in [5.41, 5.74) is 1.03. The number of allylic oxidation sites excluding steroid dienone is 1. The van der Waals surface area contributed by atoms with Crippen molar-refractivity contribution < 1.29 is 23.9 Å². The molecule has 9 atom stereocenters. The number of rotatable bonds is 4. The minimum absolute atomic E-state index is 0.0603. The summed E-state index contributed by atoms with van der Waals surface area (Å²) in [6.07, 6.45) is 11.8. The Balaban J connectivity index is 1.35. The second-order valence-corrected chi connectivity index (χ2v) is 13.6. The molecule has 4 fully saturated rings. The average Bonchev–Trinajstić information content (AvgIpc) is 3.15. The van der Waals surface area contributed by atoms with E-state index in [2.05, 4.69) is 27.7 Å². The molecule has 0 aromatic heterocycles. The SMILES string of the molecule is CC(=O)O[C@H](C)[C@@]1(C(C)C)CC[C@H]([C@H]2CC[C@H]3[C@@H]4CCC5=CC(=O)CC[C@]5(C)[C@H]4CC[C@]23C)C(=O)O1. The van der Waals surface area contributed by atoms with E-state index in [-0.39, 0.29) is 34.6 Å². The molecule has 0 aromatic carbocycles. The van der Waals surface area contributed by atoms with E-state index in [0.717, 1.165) is 32.1 Å². The van der Waals surface area contributed by atoms with Crippen molar-refractivity contribution in [3.8, 4) is 0 Å². The van der Waals surface area contributed by atoms with Crippen molar-refractivity contribution in [3.05, 3.63) is 11.6 Å². The van der Waals surface area contributed by atoms with E-state index in [4.69, 9.17) is 9.47 Å². The fourth-order valence-electron chi connectivity index (χ4n) is 9.95. The van der Waals surface area contributed by atoms with Gasteiger partial charge in [0.25, 0.3) is 0 Å². The molecule has 0 N–H and O–H groups in total. The molecule has 0 amide bonds. The molecular weight excluding hydrogens is 452 g/mol. The van der Waals surface area contributed by atoms with Gasteiger partial charge in [-0.25, -0.2) is 0 Å². The van der Waals surface area contributed by atoms with Crippen molar-refractivity contribution in [2.45, 2.75) is 117 Å². The summed E-state index contributed by atoms with van der Waals surface area (Å²) in [6, 6.07) is 0. The maximum atomic E-state index is 13.7. The molecular formula is C31H46O5. The Kier molecular flexibility index (Phi) is 6.48. The molecule has 1 saturated heterocycles. The Hall–Kier alpha value is -1.65. The van der Waals surface area contributed by atoms with Gasteiger partial charge in [0.2, 0.25) is 0 Å². The predicted octanol–water partition coefficient (Wildman–Crippen LogP) is 6.43. The topological polar surface area (TPSA) is 69.7 Å². The van der Waals surface area contributed by atoms with Crippen molar-refractivity contribution >= 4 is 17.7 Å². The average molecular weight is 499 g/mol. The third kappa shape index (κ3) is 3.81. The van der Waals surface area contributed by atoms with Gasteiger partial charge in [0.1, 0.15) is 6.10 Å². The zero-order chi connectivity index (χ0) is 26.0. The first kappa shape index (κ1) is 26.0. The van der Waals surface area contributed by atoms with Gasteiger partial charge in [-0.3, -0.25) is 14.4 Å². The number of hydrogen-bond donors (Lipinski definition) is 0. The summed E-state index contributed by atoms with van der Waals surface area (Å²) in [6.45, 7) is 12.3. The van der Waals surface area contributed by atoms with Crippen molar-refractivity contribution in [1.82, 2.24) is 0 Å². The maximum absolute atomic E-state index is 13.7. The van der Waals surface area contributed by atoms with Gasteiger partial charge in [-0.1, -0.05) is 33.3 Å². The van der Waals surface area contributed by atoms with E-state index >= 15 is 0 Å². The van der Waals surface area contributed by atoms with Crippen LogP contribution in [-0.2, 0) is 23.9 Å². The molecule has 0 unspecified atom stereocenters. The van der Waals surface area contributed by atoms with Crippen LogP contribution >= 0.6 is 0 Å². The Labute approximate surface area is 217 Å². The van der Waals surface area contributed by atoms with Crippen LogP contribution in [0.15, 0.2) is 11.6 Å². The van der Waals surface area contributed by atoms with Gasteiger partial charge >= 0.3 is 11.9 Å². The summed E-state index contributed by atoms with van der Waals surface area (Å²) >= 11 is 0. The molecule has 0 radical (unpaired) electrons. The number of ketones is 1. The summed E-state index contributed by atoms with van der Waals surface area (Å²) in [5, 5.41) is 0. The summed E-state index contributed by atoms with van der Waals surface area (Å²) < 4.78 is 11.8. The highest BCUT2D eigenvalue weighted by Gasteiger charge is 2.62. The number of esters is 2. The van der Waals surface area contributed by atoms with Crippen LogP contribution in [0.5, 0.6) is 0 Å². The quantitative estimate of drug-likeness (QED) is 0.418. The van der Waals surface area contributed by atoms with Gasteiger partial charge in [0.15, 0.2) is 11.4 Å². The Morgan fingerprint density at radius 1 is 0.944 bits per heavy atom. The first-order valence-corrected chi connectivity index (χ1v) is 14.6. The molecule has 0 bridgehead atoms.